The molecule has 3 rings (SSSR count). The lowest BCUT2D eigenvalue weighted by Crippen LogP contribution is -2.13. The summed E-state index contributed by atoms with van der Waals surface area (Å²) in [7, 11) is 0. The topological polar surface area (TPSA) is 62.1 Å². The maximum absolute atomic E-state index is 14.2. The summed E-state index contributed by atoms with van der Waals surface area (Å²) >= 11 is 9.48. The predicted octanol–water partition coefficient (Wildman–Crippen LogP) is 6.78. The molecule has 3 aromatic carbocycles. The third-order valence-corrected chi connectivity index (χ3v) is 5.50. The minimum absolute atomic E-state index is 0.0822. The highest BCUT2D eigenvalue weighted by Crippen LogP contribution is 2.33. The summed E-state index contributed by atoms with van der Waals surface area (Å²) in [4.78, 5) is 12.6. The second kappa shape index (κ2) is 10.9. The molecule has 162 valence electrons. The fraction of sp³-hybridized carbons (Fsp3) is 0.120. The molecular formula is C25H19BrClFN2O2. The van der Waals surface area contributed by atoms with Gasteiger partial charge in [0.15, 0.2) is 0 Å². The van der Waals surface area contributed by atoms with E-state index in [1.54, 1.807) is 54.6 Å². The lowest BCUT2D eigenvalue weighted by molar-refractivity contribution is -0.112. The van der Waals surface area contributed by atoms with E-state index in [0.29, 0.717) is 45.1 Å². The van der Waals surface area contributed by atoms with Crippen molar-refractivity contribution in [1.29, 1.82) is 5.26 Å². The van der Waals surface area contributed by atoms with Gasteiger partial charge in [-0.1, -0.05) is 51.8 Å². The molecule has 0 aliphatic rings. The van der Waals surface area contributed by atoms with Gasteiger partial charge in [0.25, 0.3) is 5.91 Å². The molecule has 1 amide bonds. The summed E-state index contributed by atoms with van der Waals surface area (Å²) in [5.74, 6) is -0.307. The highest BCUT2D eigenvalue weighted by atomic mass is 79.9. The summed E-state index contributed by atoms with van der Waals surface area (Å²) in [5.41, 5.74) is 2.31. The number of hydrogen-bond acceptors (Lipinski definition) is 3. The van der Waals surface area contributed by atoms with Gasteiger partial charge in [-0.3, -0.25) is 4.79 Å². The number of carbonyl (C=O) groups is 1. The molecule has 3 aromatic rings. The molecule has 0 fully saturated rings. The number of ether oxygens (including phenoxy) is 1. The fourth-order valence-corrected chi connectivity index (χ4v) is 3.87. The summed E-state index contributed by atoms with van der Waals surface area (Å²) < 4.78 is 20.6. The Bertz CT molecular complexity index is 1220. The van der Waals surface area contributed by atoms with Crippen LogP contribution in [0.3, 0.4) is 0 Å². The summed E-state index contributed by atoms with van der Waals surface area (Å²) in [6, 6.07) is 18.6. The molecule has 0 saturated carbocycles. The van der Waals surface area contributed by atoms with Crippen LogP contribution in [0.25, 0.3) is 6.08 Å². The Kier molecular flexibility index (Phi) is 8.04. The zero-order valence-corrected chi connectivity index (χ0v) is 19.5. The molecule has 0 unspecified atom stereocenters. The van der Waals surface area contributed by atoms with Gasteiger partial charge in [-0.05, 0) is 60.5 Å². The molecule has 0 aliphatic heterocycles. The lowest BCUT2D eigenvalue weighted by Gasteiger charge is -2.14. The molecule has 0 bridgehead atoms. The zero-order chi connectivity index (χ0) is 23.1. The van der Waals surface area contributed by atoms with Crippen molar-refractivity contribution in [3.05, 3.63) is 98.2 Å². The Morgan fingerprint density at radius 3 is 2.69 bits per heavy atom. The summed E-state index contributed by atoms with van der Waals surface area (Å²) in [5, 5.41) is 12.7. The number of hydrogen-bond donors (Lipinski definition) is 1. The van der Waals surface area contributed by atoms with Gasteiger partial charge >= 0.3 is 0 Å². The number of anilines is 1. The van der Waals surface area contributed by atoms with Crippen molar-refractivity contribution in [1.82, 2.24) is 0 Å². The molecule has 4 nitrogen and oxygen atoms in total. The van der Waals surface area contributed by atoms with Crippen molar-refractivity contribution < 1.29 is 13.9 Å². The Balaban J connectivity index is 1.92. The molecule has 32 heavy (non-hydrogen) atoms. The molecule has 7 heteroatoms. The SMILES string of the molecule is CCOc1cc(/C=C(\C#N)C(=O)Nc2cccc(Cl)c2)cc(Br)c1Cc1ccccc1F. The van der Waals surface area contributed by atoms with Gasteiger partial charge in [-0.2, -0.15) is 5.26 Å². The first-order valence-electron chi connectivity index (χ1n) is 9.78. The Labute approximate surface area is 199 Å². The van der Waals surface area contributed by atoms with E-state index in [1.165, 1.54) is 12.1 Å². The number of nitrogens with one attached hydrogen (secondary N) is 1. The average Bonchev–Trinajstić information content (AvgIpc) is 2.75. The minimum Gasteiger partial charge on any atom is -0.494 e. The van der Waals surface area contributed by atoms with Crippen LogP contribution >= 0.6 is 27.5 Å². The number of nitrogens with zero attached hydrogens (tertiary/aromatic N) is 1. The molecule has 1 N–H and O–H groups in total. The fourth-order valence-electron chi connectivity index (χ4n) is 3.08. The van der Waals surface area contributed by atoms with Crippen molar-refractivity contribution >= 4 is 45.2 Å². The van der Waals surface area contributed by atoms with Crippen LogP contribution in [0.1, 0.15) is 23.6 Å². The monoisotopic (exact) mass is 512 g/mol. The molecule has 0 aromatic heterocycles. The van der Waals surface area contributed by atoms with Gasteiger partial charge in [0.05, 0.1) is 6.61 Å². The van der Waals surface area contributed by atoms with Crippen molar-refractivity contribution in [2.45, 2.75) is 13.3 Å². The lowest BCUT2D eigenvalue weighted by atomic mass is 10.0. The Morgan fingerprint density at radius 1 is 1.22 bits per heavy atom. The van der Waals surface area contributed by atoms with Crippen LogP contribution in [0.5, 0.6) is 5.75 Å². The number of nitriles is 1. The molecule has 0 spiro atoms. The van der Waals surface area contributed by atoms with E-state index in [4.69, 9.17) is 16.3 Å². The van der Waals surface area contributed by atoms with Gasteiger partial charge in [0, 0.05) is 27.2 Å². The van der Waals surface area contributed by atoms with Crippen molar-refractivity contribution in [2.24, 2.45) is 0 Å². The zero-order valence-electron chi connectivity index (χ0n) is 17.2. The van der Waals surface area contributed by atoms with Crippen molar-refractivity contribution in [3.63, 3.8) is 0 Å². The second-order valence-corrected chi connectivity index (χ2v) is 8.11. The van der Waals surface area contributed by atoms with Gasteiger partial charge in [-0.25, -0.2) is 4.39 Å². The number of benzene rings is 3. The number of rotatable bonds is 7. The van der Waals surface area contributed by atoms with Crippen LogP contribution < -0.4 is 10.1 Å². The molecule has 0 saturated heterocycles. The van der Waals surface area contributed by atoms with Crippen LogP contribution in [0.2, 0.25) is 5.02 Å². The quantitative estimate of drug-likeness (QED) is 0.280. The second-order valence-electron chi connectivity index (χ2n) is 6.81. The van der Waals surface area contributed by atoms with Crippen molar-refractivity contribution in [3.8, 4) is 11.8 Å². The van der Waals surface area contributed by atoms with Crippen LogP contribution in [0, 0.1) is 17.1 Å². The minimum atomic E-state index is -0.556. The van der Waals surface area contributed by atoms with E-state index in [-0.39, 0.29) is 11.4 Å². The smallest absolute Gasteiger partial charge is 0.266 e. The maximum Gasteiger partial charge on any atom is 0.266 e. The van der Waals surface area contributed by atoms with E-state index in [2.05, 4.69) is 21.2 Å². The third-order valence-electron chi connectivity index (χ3n) is 4.56. The summed E-state index contributed by atoms with van der Waals surface area (Å²) in [6.45, 7) is 2.26. The standard InChI is InChI=1S/C25H19BrClFN2O2/c1-2-32-24-12-16(11-22(26)21(24)13-17-6-3-4-9-23(17)28)10-18(15-29)25(31)30-20-8-5-7-19(27)14-20/h3-12,14H,2,13H2,1H3,(H,30,31)/b18-10+. The van der Waals surface area contributed by atoms with E-state index in [0.717, 1.165) is 5.56 Å². The predicted molar refractivity (Wildman–Crippen MR) is 128 cm³/mol. The first kappa shape index (κ1) is 23.5. The van der Waals surface area contributed by atoms with E-state index < -0.39 is 5.91 Å². The normalized spacial score (nSPS) is 11.0. The molecular weight excluding hydrogens is 495 g/mol. The average molecular weight is 514 g/mol. The van der Waals surface area contributed by atoms with Gasteiger partial charge in [-0.15, -0.1) is 0 Å². The van der Waals surface area contributed by atoms with Crippen LogP contribution in [0.15, 0.2) is 70.7 Å². The first-order valence-corrected chi connectivity index (χ1v) is 11.0. The van der Waals surface area contributed by atoms with Gasteiger partial charge < -0.3 is 10.1 Å². The number of carbonyl (C=O) groups excluding carboxylic acids is 1. The van der Waals surface area contributed by atoms with Crippen molar-refractivity contribution in [2.75, 3.05) is 11.9 Å². The highest BCUT2D eigenvalue weighted by Gasteiger charge is 2.15. The highest BCUT2D eigenvalue weighted by molar-refractivity contribution is 9.10. The first-order chi connectivity index (χ1) is 15.4. The number of halogens is 3. The molecule has 0 heterocycles. The Hall–Kier alpha value is -3.14. The van der Waals surface area contributed by atoms with E-state index in [1.807, 2.05) is 13.0 Å². The largest absolute Gasteiger partial charge is 0.494 e. The number of amides is 1. The Morgan fingerprint density at radius 2 is 2.00 bits per heavy atom. The van der Waals surface area contributed by atoms with Crippen LogP contribution in [-0.4, -0.2) is 12.5 Å². The van der Waals surface area contributed by atoms with Gasteiger partial charge in [0.2, 0.25) is 0 Å². The van der Waals surface area contributed by atoms with Crippen LogP contribution in [0.4, 0.5) is 10.1 Å². The molecule has 0 aliphatic carbocycles. The maximum atomic E-state index is 14.2. The van der Waals surface area contributed by atoms with E-state index in [9.17, 15) is 14.4 Å². The van der Waals surface area contributed by atoms with E-state index >= 15 is 0 Å². The molecule has 0 atom stereocenters. The van der Waals surface area contributed by atoms with Gasteiger partial charge in [0.1, 0.15) is 23.2 Å². The molecule has 0 radical (unpaired) electrons. The van der Waals surface area contributed by atoms with Crippen LogP contribution in [-0.2, 0) is 11.2 Å². The third kappa shape index (κ3) is 5.97. The summed E-state index contributed by atoms with van der Waals surface area (Å²) in [6.07, 6.45) is 1.80.